The van der Waals surface area contributed by atoms with Crippen LogP contribution in [0.1, 0.15) is 47.6 Å². The third-order valence-corrected chi connectivity index (χ3v) is 5.47. The van der Waals surface area contributed by atoms with Crippen molar-refractivity contribution in [2.75, 3.05) is 27.2 Å². The first kappa shape index (κ1) is 19.4. The smallest absolute Gasteiger partial charge is 0.276 e. The number of aromatic nitrogens is 3. The SMILES string of the molecule is COc1ccccc1CC(C)N(C)C(=O)c1nnn(C2CCNCC2)c1C. The Bertz CT molecular complexity index is 782. The summed E-state index contributed by atoms with van der Waals surface area (Å²) in [5.74, 6) is 0.758. The summed E-state index contributed by atoms with van der Waals surface area (Å²) in [7, 11) is 3.49. The van der Waals surface area contributed by atoms with Gasteiger partial charge in [-0.15, -0.1) is 5.10 Å². The topological polar surface area (TPSA) is 72.3 Å². The van der Waals surface area contributed by atoms with Gasteiger partial charge in [0.05, 0.1) is 18.8 Å². The van der Waals surface area contributed by atoms with Crippen LogP contribution in [0.5, 0.6) is 5.75 Å². The van der Waals surface area contributed by atoms with Gasteiger partial charge in [0.15, 0.2) is 5.69 Å². The second kappa shape index (κ2) is 8.52. The molecule has 7 heteroatoms. The van der Waals surface area contributed by atoms with E-state index in [0.717, 1.165) is 42.9 Å². The predicted octanol–water partition coefficient (Wildman–Crippen LogP) is 2.22. The summed E-state index contributed by atoms with van der Waals surface area (Å²) in [6.45, 7) is 5.93. The van der Waals surface area contributed by atoms with Gasteiger partial charge in [0.1, 0.15) is 5.75 Å². The molecule has 2 aromatic rings. The highest BCUT2D eigenvalue weighted by molar-refractivity contribution is 5.93. The molecule has 27 heavy (non-hydrogen) atoms. The Balaban J connectivity index is 1.72. The Kier molecular flexibility index (Phi) is 6.11. The van der Waals surface area contributed by atoms with Crippen molar-refractivity contribution in [2.24, 2.45) is 0 Å². The Morgan fingerprint density at radius 2 is 2.07 bits per heavy atom. The van der Waals surface area contributed by atoms with Crippen molar-refractivity contribution in [1.82, 2.24) is 25.2 Å². The second-order valence-electron chi connectivity index (χ2n) is 7.23. The normalized spacial score (nSPS) is 16.1. The molecule has 0 aliphatic carbocycles. The molecule has 1 fully saturated rings. The van der Waals surface area contributed by atoms with Crippen molar-refractivity contribution in [3.05, 3.63) is 41.2 Å². The third kappa shape index (κ3) is 4.13. The molecule has 0 bridgehead atoms. The lowest BCUT2D eigenvalue weighted by molar-refractivity contribution is 0.0736. The van der Waals surface area contributed by atoms with Crippen LogP contribution in [0.2, 0.25) is 0 Å². The van der Waals surface area contributed by atoms with Gasteiger partial charge < -0.3 is 15.0 Å². The molecule has 1 N–H and O–H groups in total. The Hall–Kier alpha value is -2.41. The standard InChI is InChI=1S/C20H29N5O2/c1-14(13-16-7-5-6-8-18(16)27-4)24(3)20(26)19-15(2)25(23-22-19)17-9-11-21-12-10-17/h5-8,14,17,21H,9-13H2,1-4H3. The Labute approximate surface area is 160 Å². The lowest BCUT2D eigenvalue weighted by Crippen LogP contribution is -2.37. The average Bonchev–Trinajstić information content (AvgIpc) is 3.09. The van der Waals surface area contributed by atoms with Gasteiger partial charge in [0.2, 0.25) is 0 Å². The minimum absolute atomic E-state index is 0.0113. The van der Waals surface area contributed by atoms with E-state index in [1.807, 2.05) is 49.8 Å². The monoisotopic (exact) mass is 371 g/mol. The zero-order valence-corrected chi connectivity index (χ0v) is 16.6. The Morgan fingerprint density at radius 3 is 2.78 bits per heavy atom. The summed E-state index contributed by atoms with van der Waals surface area (Å²) in [4.78, 5) is 14.8. The summed E-state index contributed by atoms with van der Waals surface area (Å²) in [5.41, 5.74) is 2.38. The number of likely N-dealkylation sites (N-methyl/N-ethyl adjacent to an activating group) is 1. The van der Waals surface area contributed by atoms with E-state index in [1.54, 1.807) is 12.0 Å². The number of piperidine rings is 1. The first-order valence-electron chi connectivity index (χ1n) is 9.54. The van der Waals surface area contributed by atoms with Crippen molar-refractivity contribution in [2.45, 2.75) is 45.2 Å². The number of rotatable bonds is 6. The molecule has 3 rings (SSSR count). The second-order valence-corrected chi connectivity index (χ2v) is 7.23. The number of ether oxygens (including phenoxy) is 1. The highest BCUT2D eigenvalue weighted by Crippen LogP contribution is 2.23. The summed E-state index contributed by atoms with van der Waals surface area (Å²) in [6, 6.07) is 8.24. The van der Waals surface area contributed by atoms with Gasteiger partial charge >= 0.3 is 0 Å². The van der Waals surface area contributed by atoms with Gasteiger partial charge in [-0.25, -0.2) is 4.68 Å². The summed E-state index contributed by atoms with van der Waals surface area (Å²) in [6.07, 6.45) is 2.74. The number of hydrogen-bond donors (Lipinski definition) is 1. The van der Waals surface area contributed by atoms with Crippen LogP contribution in [0.15, 0.2) is 24.3 Å². The van der Waals surface area contributed by atoms with Crippen LogP contribution >= 0.6 is 0 Å². The van der Waals surface area contributed by atoms with Crippen LogP contribution < -0.4 is 10.1 Å². The number of nitrogens with one attached hydrogen (secondary N) is 1. The number of carbonyl (C=O) groups is 1. The van der Waals surface area contributed by atoms with E-state index in [4.69, 9.17) is 4.74 Å². The highest BCUT2D eigenvalue weighted by Gasteiger charge is 2.26. The molecule has 1 aromatic carbocycles. The van der Waals surface area contributed by atoms with E-state index < -0.39 is 0 Å². The van der Waals surface area contributed by atoms with Crippen LogP contribution in [0.3, 0.4) is 0 Å². The van der Waals surface area contributed by atoms with Gasteiger partial charge in [-0.2, -0.15) is 0 Å². The van der Waals surface area contributed by atoms with Crippen molar-refractivity contribution in [3.8, 4) is 5.75 Å². The largest absolute Gasteiger partial charge is 0.496 e. The molecule has 0 saturated carbocycles. The molecule has 7 nitrogen and oxygen atoms in total. The van der Waals surface area contributed by atoms with Crippen molar-refractivity contribution < 1.29 is 9.53 Å². The minimum atomic E-state index is -0.0879. The molecule has 2 heterocycles. The maximum Gasteiger partial charge on any atom is 0.276 e. The third-order valence-electron chi connectivity index (χ3n) is 5.47. The molecule has 1 aliphatic heterocycles. The lowest BCUT2D eigenvalue weighted by Gasteiger charge is -2.26. The van der Waals surface area contributed by atoms with Crippen LogP contribution in [0, 0.1) is 6.92 Å². The highest BCUT2D eigenvalue weighted by atomic mass is 16.5. The molecule has 0 spiro atoms. The summed E-state index contributed by atoms with van der Waals surface area (Å²) in [5, 5.41) is 11.8. The lowest BCUT2D eigenvalue weighted by atomic mass is 10.0. The molecular formula is C20H29N5O2. The molecule has 1 aromatic heterocycles. The predicted molar refractivity (Wildman–Crippen MR) is 104 cm³/mol. The fourth-order valence-corrected chi connectivity index (χ4v) is 3.63. The molecule has 146 valence electrons. The molecular weight excluding hydrogens is 342 g/mol. The van der Waals surface area contributed by atoms with Crippen LogP contribution in [-0.2, 0) is 6.42 Å². The number of nitrogens with zero attached hydrogens (tertiary/aromatic N) is 4. The van der Waals surface area contributed by atoms with E-state index in [-0.39, 0.29) is 11.9 Å². The number of amides is 1. The first-order chi connectivity index (χ1) is 13.0. The van der Waals surface area contributed by atoms with Gasteiger partial charge in [-0.1, -0.05) is 23.4 Å². The van der Waals surface area contributed by atoms with Crippen LogP contribution in [-0.4, -0.2) is 59.1 Å². The van der Waals surface area contributed by atoms with Crippen molar-refractivity contribution in [3.63, 3.8) is 0 Å². The number of benzene rings is 1. The number of methoxy groups -OCH3 is 1. The maximum absolute atomic E-state index is 13.0. The minimum Gasteiger partial charge on any atom is -0.496 e. The van der Waals surface area contributed by atoms with Crippen LogP contribution in [0.25, 0.3) is 0 Å². The number of carbonyl (C=O) groups excluding carboxylic acids is 1. The van der Waals surface area contributed by atoms with E-state index in [0.29, 0.717) is 18.2 Å². The molecule has 0 radical (unpaired) electrons. The van der Waals surface area contributed by atoms with Gasteiger partial charge in [-0.05, 0) is 57.8 Å². The fraction of sp³-hybridized carbons (Fsp3) is 0.550. The molecule has 1 saturated heterocycles. The van der Waals surface area contributed by atoms with E-state index >= 15 is 0 Å². The van der Waals surface area contributed by atoms with Gasteiger partial charge in [-0.3, -0.25) is 4.79 Å². The molecule has 1 aliphatic rings. The molecule has 1 unspecified atom stereocenters. The number of hydrogen-bond acceptors (Lipinski definition) is 5. The van der Waals surface area contributed by atoms with Crippen molar-refractivity contribution in [1.29, 1.82) is 0 Å². The quantitative estimate of drug-likeness (QED) is 0.843. The van der Waals surface area contributed by atoms with E-state index in [1.165, 1.54) is 0 Å². The zero-order valence-electron chi connectivity index (χ0n) is 16.6. The van der Waals surface area contributed by atoms with Crippen LogP contribution in [0.4, 0.5) is 0 Å². The molecule has 1 amide bonds. The maximum atomic E-state index is 13.0. The Morgan fingerprint density at radius 1 is 1.37 bits per heavy atom. The summed E-state index contributed by atoms with van der Waals surface area (Å²) < 4.78 is 7.35. The zero-order chi connectivity index (χ0) is 19.4. The van der Waals surface area contributed by atoms with Gasteiger partial charge in [0.25, 0.3) is 5.91 Å². The molecule has 1 atom stereocenters. The number of para-hydroxylation sites is 1. The van der Waals surface area contributed by atoms with E-state index in [2.05, 4.69) is 15.6 Å². The average molecular weight is 371 g/mol. The summed E-state index contributed by atoms with van der Waals surface area (Å²) >= 11 is 0. The first-order valence-corrected chi connectivity index (χ1v) is 9.54. The fourth-order valence-electron chi connectivity index (χ4n) is 3.63. The van der Waals surface area contributed by atoms with Crippen molar-refractivity contribution >= 4 is 5.91 Å². The van der Waals surface area contributed by atoms with E-state index in [9.17, 15) is 4.79 Å². The van der Waals surface area contributed by atoms with Gasteiger partial charge in [0, 0.05) is 13.1 Å².